The van der Waals surface area contributed by atoms with E-state index >= 15 is 0 Å². The quantitative estimate of drug-likeness (QED) is 0.819. The van der Waals surface area contributed by atoms with Gasteiger partial charge in [0.2, 0.25) is 10.0 Å². The van der Waals surface area contributed by atoms with Crippen LogP contribution in [0.1, 0.15) is 24.1 Å². The highest BCUT2D eigenvalue weighted by Gasteiger charge is 2.20. The lowest BCUT2D eigenvalue weighted by Gasteiger charge is -2.12. The number of carbonyl (C=O) groups excluding carboxylic acids is 1. The fraction of sp³-hybridized carbons (Fsp3) is 0.364. The molecule has 1 rings (SSSR count). The van der Waals surface area contributed by atoms with E-state index in [0.29, 0.717) is 5.56 Å². The second kappa shape index (κ2) is 5.29. The van der Waals surface area contributed by atoms with Crippen LogP contribution in [-0.2, 0) is 14.8 Å². The van der Waals surface area contributed by atoms with E-state index < -0.39 is 22.0 Å². The summed E-state index contributed by atoms with van der Waals surface area (Å²) in [6.45, 7) is 3.37. The maximum atomic E-state index is 11.6. The molecule has 6 heteroatoms. The number of carbonyl (C=O) groups is 1. The molecule has 1 unspecified atom stereocenters. The van der Waals surface area contributed by atoms with E-state index in [2.05, 4.69) is 0 Å². The van der Waals surface area contributed by atoms with Crippen molar-refractivity contribution in [2.24, 2.45) is 5.73 Å². The molecule has 0 aliphatic heterocycles. The zero-order valence-corrected chi connectivity index (χ0v) is 10.6. The van der Waals surface area contributed by atoms with Gasteiger partial charge in [-0.25, -0.2) is 8.42 Å². The third-order valence-electron chi connectivity index (χ3n) is 2.36. The summed E-state index contributed by atoms with van der Waals surface area (Å²) in [5, 5.41) is 0. The van der Waals surface area contributed by atoms with Crippen molar-refractivity contribution >= 4 is 15.9 Å². The Balaban J connectivity index is 2.80. The number of nitrogens with two attached hydrogens (primary N) is 1. The predicted molar refractivity (Wildman–Crippen MR) is 65.7 cm³/mol. The Hall–Kier alpha value is -1.40. The summed E-state index contributed by atoms with van der Waals surface area (Å²) >= 11 is 0. The summed E-state index contributed by atoms with van der Waals surface area (Å²) in [6.07, 6.45) is 0. The van der Waals surface area contributed by atoms with Crippen LogP contribution in [-0.4, -0.2) is 20.1 Å². The van der Waals surface area contributed by atoms with Crippen molar-refractivity contribution in [3.63, 3.8) is 0 Å². The van der Waals surface area contributed by atoms with Gasteiger partial charge in [0.25, 0.3) is 5.91 Å². The van der Waals surface area contributed by atoms with Gasteiger partial charge in [-0.3, -0.25) is 9.52 Å². The zero-order valence-electron chi connectivity index (χ0n) is 9.80. The van der Waals surface area contributed by atoms with Crippen LogP contribution in [0.2, 0.25) is 0 Å². The summed E-state index contributed by atoms with van der Waals surface area (Å²) < 4.78 is 24.4. The van der Waals surface area contributed by atoms with Crippen molar-refractivity contribution < 1.29 is 13.2 Å². The first kappa shape index (κ1) is 13.7. The van der Waals surface area contributed by atoms with E-state index in [9.17, 15) is 13.2 Å². The van der Waals surface area contributed by atoms with Crippen LogP contribution in [0.3, 0.4) is 0 Å². The molecule has 1 atom stereocenters. The van der Waals surface area contributed by atoms with Crippen molar-refractivity contribution in [2.75, 3.05) is 5.75 Å². The molecule has 94 valence electrons. The van der Waals surface area contributed by atoms with Crippen LogP contribution in [0.4, 0.5) is 0 Å². The summed E-state index contributed by atoms with van der Waals surface area (Å²) in [5.41, 5.74) is 7.30. The maximum absolute atomic E-state index is 11.6. The monoisotopic (exact) mass is 256 g/mol. The summed E-state index contributed by atoms with van der Waals surface area (Å²) in [4.78, 5) is 11.6. The largest absolute Gasteiger partial charge is 0.316 e. The summed E-state index contributed by atoms with van der Waals surface area (Å²) in [7, 11) is -3.56. The van der Waals surface area contributed by atoms with Crippen LogP contribution >= 0.6 is 0 Å². The standard InChI is InChI=1S/C11H16N2O3S/c1-3-17(15,16)13-11(14)10(12)9-6-4-8(2)5-7-9/h4-7,10H,3,12H2,1-2H3,(H,13,14). The Kier molecular flexibility index (Phi) is 4.25. The van der Waals surface area contributed by atoms with Crippen LogP contribution in [0.25, 0.3) is 0 Å². The maximum Gasteiger partial charge on any atom is 0.254 e. The second-order valence-corrected chi connectivity index (χ2v) is 5.77. The van der Waals surface area contributed by atoms with Crippen molar-refractivity contribution in [3.05, 3.63) is 35.4 Å². The van der Waals surface area contributed by atoms with E-state index in [0.717, 1.165) is 5.56 Å². The average molecular weight is 256 g/mol. The zero-order chi connectivity index (χ0) is 13.1. The average Bonchev–Trinajstić information content (AvgIpc) is 2.28. The van der Waals surface area contributed by atoms with E-state index in [1.807, 2.05) is 23.8 Å². The first-order chi connectivity index (χ1) is 7.85. The number of sulfonamides is 1. The van der Waals surface area contributed by atoms with Gasteiger partial charge in [0.1, 0.15) is 6.04 Å². The molecular formula is C11H16N2O3S. The molecule has 3 N–H and O–H groups in total. The first-order valence-corrected chi connectivity index (χ1v) is 6.87. The number of nitrogens with one attached hydrogen (secondary N) is 1. The van der Waals surface area contributed by atoms with Gasteiger partial charge in [-0.05, 0) is 19.4 Å². The predicted octanol–water partition coefficient (Wildman–Crippen LogP) is 0.461. The molecule has 17 heavy (non-hydrogen) atoms. The Morgan fingerprint density at radius 1 is 1.35 bits per heavy atom. The van der Waals surface area contributed by atoms with E-state index in [1.165, 1.54) is 6.92 Å². The van der Waals surface area contributed by atoms with Crippen LogP contribution in [0, 0.1) is 6.92 Å². The molecule has 0 aliphatic rings. The number of rotatable bonds is 4. The van der Waals surface area contributed by atoms with Crippen LogP contribution in [0.15, 0.2) is 24.3 Å². The lowest BCUT2D eigenvalue weighted by molar-refractivity contribution is -0.120. The van der Waals surface area contributed by atoms with Gasteiger partial charge in [0.15, 0.2) is 0 Å². The third-order valence-corrected chi connectivity index (χ3v) is 3.63. The number of hydrogen-bond acceptors (Lipinski definition) is 4. The van der Waals surface area contributed by atoms with E-state index in [-0.39, 0.29) is 5.75 Å². The van der Waals surface area contributed by atoms with Gasteiger partial charge in [0.05, 0.1) is 5.75 Å². The lowest BCUT2D eigenvalue weighted by atomic mass is 10.1. The van der Waals surface area contributed by atoms with Crippen molar-refractivity contribution in [2.45, 2.75) is 19.9 Å². The Morgan fingerprint density at radius 2 is 1.88 bits per heavy atom. The molecule has 0 saturated heterocycles. The molecule has 0 aliphatic carbocycles. The molecule has 0 radical (unpaired) electrons. The summed E-state index contributed by atoms with van der Waals surface area (Å²) in [6, 6.07) is 6.07. The van der Waals surface area contributed by atoms with Crippen LogP contribution < -0.4 is 10.5 Å². The molecular weight excluding hydrogens is 240 g/mol. The highest BCUT2D eigenvalue weighted by molar-refractivity contribution is 7.90. The third kappa shape index (κ3) is 3.83. The Bertz CT molecular complexity index is 494. The highest BCUT2D eigenvalue weighted by Crippen LogP contribution is 2.11. The molecule has 0 fully saturated rings. The summed E-state index contributed by atoms with van der Waals surface area (Å²) in [5.74, 6) is -0.866. The molecule has 0 aromatic heterocycles. The Morgan fingerprint density at radius 3 is 2.35 bits per heavy atom. The first-order valence-electron chi connectivity index (χ1n) is 5.22. The molecule has 0 spiro atoms. The molecule has 5 nitrogen and oxygen atoms in total. The minimum Gasteiger partial charge on any atom is -0.316 e. The van der Waals surface area contributed by atoms with E-state index in [4.69, 9.17) is 5.73 Å². The van der Waals surface area contributed by atoms with Gasteiger partial charge in [-0.1, -0.05) is 29.8 Å². The highest BCUT2D eigenvalue weighted by atomic mass is 32.2. The van der Waals surface area contributed by atoms with Gasteiger partial charge in [-0.2, -0.15) is 0 Å². The lowest BCUT2D eigenvalue weighted by Crippen LogP contribution is -2.38. The van der Waals surface area contributed by atoms with Gasteiger partial charge in [0, 0.05) is 0 Å². The van der Waals surface area contributed by atoms with Gasteiger partial charge < -0.3 is 5.73 Å². The van der Waals surface area contributed by atoms with Crippen molar-refractivity contribution in [3.8, 4) is 0 Å². The smallest absolute Gasteiger partial charge is 0.254 e. The molecule has 0 heterocycles. The van der Waals surface area contributed by atoms with Gasteiger partial charge in [-0.15, -0.1) is 0 Å². The van der Waals surface area contributed by atoms with Crippen molar-refractivity contribution in [1.82, 2.24) is 4.72 Å². The second-order valence-electron chi connectivity index (χ2n) is 3.76. The SMILES string of the molecule is CCS(=O)(=O)NC(=O)C(N)c1ccc(C)cc1. The fourth-order valence-corrected chi connectivity index (χ4v) is 1.79. The fourth-order valence-electron chi connectivity index (χ4n) is 1.21. The molecule has 1 aromatic rings. The minimum absolute atomic E-state index is 0.153. The Labute approximate surface area is 101 Å². The topological polar surface area (TPSA) is 89.3 Å². The van der Waals surface area contributed by atoms with Crippen molar-refractivity contribution in [1.29, 1.82) is 0 Å². The normalized spacial score (nSPS) is 13.1. The van der Waals surface area contributed by atoms with E-state index in [1.54, 1.807) is 12.1 Å². The molecule has 0 saturated carbocycles. The number of aryl methyl sites for hydroxylation is 1. The molecule has 1 aromatic carbocycles. The van der Waals surface area contributed by atoms with Gasteiger partial charge >= 0.3 is 0 Å². The number of benzene rings is 1. The molecule has 1 amide bonds. The minimum atomic E-state index is -3.56. The number of hydrogen-bond donors (Lipinski definition) is 2. The van der Waals surface area contributed by atoms with Crippen LogP contribution in [0.5, 0.6) is 0 Å². The molecule has 0 bridgehead atoms. The number of amides is 1.